The van der Waals surface area contributed by atoms with Crippen molar-refractivity contribution in [1.82, 2.24) is 0 Å². The van der Waals surface area contributed by atoms with Crippen LogP contribution in [0.1, 0.15) is 0 Å². The van der Waals surface area contributed by atoms with Crippen molar-refractivity contribution in [2.75, 3.05) is 18.4 Å². The van der Waals surface area contributed by atoms with Gasteiger partial charge >= 0.3 is 0 Å². The number of benzene rings is 4. The van der Waals surface area contributed by atoms with Crippen LogP contribution < -0.4 is 11.1 Å². The Labute approximate surface area is 129 Å². The maximum atomic E-state index is 5.61. The lowest BCUT2D eigenvalue weighted by Gasteiger charge is -2.11. The second-order valence-electron chi connectivity index (χ2n) is 5.64. The van der Waals surface area contributed by atoms with Crippen LogP contribution in [0.4, 0.5) is 5.69 Å². The molecule has 4 rings (SSSR count). The highest BCUT2D eigenvalue weighted by atomic mass is 14.9. The summed E-state index contributed by atoms with van der Waals surface area (Å²) in [5, 5.41) is 11.0. The fourth-order valence-corrected chi connectivity index (χ4v) is 3.08. The molecule has 4 aromatic carbocycles. The standard InChI is InChI=1S/C20H18N2/c21-8-9-22-20-7-3-6-16-12-17-10-14-4-1-2-5-15(14)11-18(17)13-19(16)20/h1-7,10-13,22H,8-9,21H2. The molecule has 0 heterocycles. The van der Waals surface area contributed by atoms with Crippen molar-refractivity contribution < 1.29 is 0 Å². The Morgan fingerprint density at radius 1 is 0.682 bits per heavy atom. The van der Waals surface area contributed by atoms with E-state index in [1.54, 1.807) is 0 Å². The molecule has 3 N–H and O–H groups in total. The van der Waals surface area contributed by atoms with Crippen LogP contribution in [0.15, 0.2) is 66.7 Å². The highest BCUT2D eigenvalue weighted by Gasteiger charge is 2.04. The van der Waals surface area contributed by atoms with Crippen LogP contribution in [-0.4, -0.2) is 13.1 Å². The molecule has 0 aromatic heterocycles. The lowest BCUT2D eigenvalue weighted by Crippen LogP contribution is -2.13. The molecule has 0 radical (unpaired) electrons. The Morgan fingerprint density at radius 2 is 1.32 bits per heavy atom. The van der Waals surface area contributed by atoms with E-state index in [4.69, 9.17) is 5.73 Å². The number of hydrogen-bond acceptors (Lipinski definition) is 2. The molecule has 0 aliphatic carbocycles. The van der Waals surface area contributed by atoms with E-state index in [1.165, 1.54) is 32.3 Å². The third-order valence-electron chi connectivity index (χ3n) is 4.16. The minimum Gasteiger partial charge on any atom is -0.383 e. The van der Waals surface area contributed by atoms with Crippen LogP contribution in [0, 0.1) is 0 Å². The van der Waals surface area contributed by atoms with Crippen LogP contribution in [0.2, 0.25) is 0 Å². The summed E-state index contributed by atoms with van der Waals surface area (Å²) < 4.78 is 0. The van der Waals surface area contributed by atoms with Gasteiger partial charge in [-0.15, -0.1) is 0 Å². The van der Waals surface area contributed by atoms with E-state index in [0.717, 1.165) is 12.2 Å². The van der Waals surface area contributed by atoms with E-state index >= 15 is 0 Å². The van der Waals surface area contributed by atoms with Crippen molar-refractivity contribution in [2.24, 2.45) is 5.73 Å². The summed E-state index contributed by atoms with van der Waals surface area (Å²) in [6.45, 7) is 1.42. The predicted octanol–water partition coefficient (Wildman–Crippen LogP) is 4.52. The third-order valence-corrected chi connectivity index (χ3v) is 4.16. The quantitative estimate of drug-likeness (QED) is 0.543. The number of nitrogens with one attached hydrogen (secondary N) is 1. The van der Waals surface area contributed by atoms with Gasteiger partial charge in [0.1, 0.15) is 0 Å². The van der Waals surface area contributed by atoms with Crippen molar-refractivity contribution in [3.63, 3.8) is 0 Å². The molecule has 0 saturated heterocycles. The van der Waals surface area contributed by atoms with Crippen LogP contribution in [-0.2, 0) is 0 Å². The first-order valence-corrected chi connectivity index (χ1v) is 7.64. The molecule has 0 saturated carbocycles. The second kappa shape index (κ2) is 5.32. The summed E-state index contributed by atoms with van der Waals surface area (Å²) in [7, 11) is 0. The first-order chi connectivity index (χ1) is 10.8. The fourth-order valence-electron chi connectivity index (χ4n) is 3.08. The van der Waals surface area contributed by atoms with Crippen LogP contribution >= 0.6 is 0 Å². The lowest BCUT2D eigenvalue weighted by molar-refractivity contribution is 1.03. The van der Waals surface area contributed by atoms with Gasteiger partial charge in [-0.05, 0) is 57.3 Å². The summed E-state index contributed by atoms with van der Waals surface area (Å²) in [4.78, 5) is 0. The monoisotopic (exact) mass is 286 g/mol. The van der Waals surface area contributed by atoms with Crippen LogP contribution in [0.5, 0.6) is 0 Å². The van der Waals surface area contributed by atoms with E-state index in [1.807, 2.05) is 0 Å². The molecule has 0 aliphatic heterocycles. The maximum Gasteiger partial charge on any atom is 0.0420 e. The Morgan fingerprint density at radius 3 is 2.05 bits per heavy atom. The molecule has 0 bridgehead atoms. The van der Waals surface area contributed by atoms with Crippen molar-refractivity contribution in [2.45, 2.75) is 0 Å². The molecule has 2 nitrogen and oxygen atoms in total. The Hall–Kier alpha value is -2.58. The first-order valence-electron chi connectivity index (χ1n) is 7.64. The molecule has 0 unspecified atom stereocenters. The smallest absolute Gasteiger partial charge is 0.0420 e. The Kier molecular flexibility index (Phi) is 3.17. The molecule has 0 atom stereocenters. The lowest BCUT2D eigenvalue weighted by atomic mass is 9.99. The predicted molar refractivity (Wildman–Crippen MR) is 96.5 cm³/mol. The van der Waals surface area contributed by atoms with Gasteiger partial charge in [-0.25, -0.2) is 0 Å². The summed E-state index contributed by atoms with van der Waals surface area (Å²) in [6, 6.07) is 24.0. The van der Waals surface area contributed by atoms with Crippen LogP contribution in [0.25, 0.3) is 32.3 Å². The Balaban J connectivity index is 1.99. The zero-order valence-electron chi connectivity index (χ0n) is 12.3. The van der Waals surface area contributed by atoms with Crippen molar-refractivity contribution in [3.8, 4) is 0 Å². The third kappa shape index (κ3) is 2.18. The minimum absolute atomic E-state index is 0.634. The summed E-state index contributed by atoms with van der Waals surface area (Å²) in [5.74, 6) is 0. The maximum absolute atomic E-state index is 5.61. The highest BCUT2D eigenvalue weighted by Crippen LogP contribution is 2.30. The second-order valence-corrected chi connectivity index (χ2v) is 5.64. The van der Waals surface area contributed by atoms with Gasteiger partial charge in [0.2, 0.25) is 0 Å². The van der Waals surface area contributed by atoms with Gasteiger partial charge < -0.3 is 11.1 Å². The van der Waals surface area contributed by atoms with Gasteiger partial charge in [-0.3, -0.25) is 0 Å². The van der Waals surface area contributed by atoms with Crippen molar-refractivity contribution in [3.05, 3.63) is 66.7 Å². The van der Waals surface area contributed by atoms with E-state index in [0.29, 0.717) is 6.54 Å². The summed E-state index contributed by atoms with van der Waals surface area (Å²) >= 11 is 0. The van der Waals surface area contributed by atoms with Crippen LogP contribution in [0.3, 0.4) is 0 Å². The molecule has 108 valence electrons. The number of fused-ring (bicyclic) bond motifs is 3. The molecule has 0 aliphatic rings. The Bertz CT molecular complexity index is 973. The largest absolute Gasteiger partial charge is 0.383 e. The zero-order chi connectivity index (χ0) is 14.9. The molecule has 0 fully saturated rings. The van der Waals surface area contributed by atoms with E-state index in [-0.39, 0.29) is 0 Å². The molecule has 4 aromatic rings. The van der Waals surface area contributed by atoms with Gasteiger partial charge in [0, 0.05) is 24.2 Å². The summed E-state index contributed by atoms with van der Waals surface area (Å²) in [6.07, 6.45) is 0. The van der Waals surface area contributed by atoms with Crippen molar-refractivity contribution in [1.29, 1.82) is 0 Å². The minimum atomic E-state index is 0.634. The summed E-state index contributed by atoms with van der Waals surface area (Å²) in [5.41, 5.74) is 6.76. The molecule has 0 spiro atoms. The SMILES string of the molecule is NCCNc1cccc2cc3cc4ccccc4cc3cc12. The van der Waals surface area contributed by atoms with Gasteiger partial charge in [0.05, 0.1) is 0 Å². The van der Waals surface area contributed by atoms with Gasteiger partial charge in [0.15, 0.2) is 0 Å². The zero-order valence-corrected chi connectivity index (χ0v) is 12.3. The average molecular weight is 286 g/mol. The molecular formula is C20H18N2. The number of rotatable bonds is 3. The number of nitrogens with two attached hydrogens (primary N) is 1. The van der Waals surface area contributed by atoms with E-state index in [9.17, 15) is 0 Å². The molecular weight excluding hydrogens is 268 g/mol. The van der Waals surface area contributed by atoms with Crippen molar-refractivity contribution >= 4 is 38.0 Å². The van der Waals surface area contributed by atoms with Gasteiger partial charge in [-0.2, -0.15) is 0 Å². The number of anilines is 1. The van der Waals surface area contributed by atoms with E-state index < -0.39 is 0 Å². The fraction of sp³-hybridized carbons (Fsp3) is 0.100. The van der Waals surface area contributed by atoms with Gasteiger partial charge in [-0.1, -0.05) is 36.4 Å². The first kappa shape index (κ1) is 13.1. The topological polar surface area (TPSA) is 38.0 Å². The normalized spacial score (nSPS) is 11.3. The van der Waals surface area contributed by atoms with E-state index in [2.05, 4.69) is 72.0 Å². The number of hydrogen-bond donors (Lipinski definition) is 2. The average Bonchev–Trinajstić information content (AvgIpc) is 2.56. The highest BCUT2D eigenvalue weighted by molar-refractivity contribution is 6.07. The van der Waals surface area contributed by atoms with Gasteiger partial charge in [0.25, 0.3) is 0 Å². The molecule has 0 amide bonds. The molecule has 2 heteroatoms. The molecule has 22 heavy (non-hydrogen) atoms.